The second-order valence-electron chi connectivity index (χ2n) is 5.60. The van der Waals surface area contributed by atoms with Gasteiger partial charge in [-0.3, -0.25) is 0 Å². The van der Waals surface area contributed by atoms with Crippen molar-refractivity contribution in [1.82, 2.24) is 5.32 Å². The smallest absolute Gasteiger partial charge is 0.0966 e. The van der Waals surface area contributed by atoms with E-state index in [1.165, 1.54) is 26.1 Å². The van der Waals surface area contributed by atoms with Gasteiger partial charge in [0.05, 0.1) is 17.7 Å². The molecule has 0 aliphatic carbocycles. The minimum Gasteiger partial charge on any atom is -0.372 e. The summed E-state index contributed by atoms with van der Waals surface area (Å²) in [5.74, 6) is 0.440. The summed E-state index contributed by atoms with van der Waals surface area (Å²) in [6.45, 7) is 6.02. The molecule has 108 valence electrons. The summed E-state index contributed by atoms with van der Waals surface area (Å²) in [5.41, 5.74) is 2.55. The fraction of sp³-hybridized carbons (Fsp3) is 0.500. The molecule has 1 aromatic heterocycles. The molecular formula is C16H20ClNOS. The highest BCUT2D eigenvalue weighted by atomic mass is 35.5. The number of rotatable bonds is 3. The summed E-state index contributed by atoms with van der Waals surface area (Å²) < 4.78 is 7.24. The van der Waals surface area contributed by atoms with E-state index in [4.69, 9.17) is 16.3 Å². The average Bonchev–Trinajstić information content (AvgIpc) is 2.79. The first-order valence-corrected chi connectivity index (χ1v) is 8.32. The maximum absolute atomic E-state index is 6.71. The van der Waals surface area contributed by atoms with Crippen LogP contribution in [-0.2, 0) is 11.2 Å². The summed E-state index contributed by atoms with van der Waals surface area (Å²) in [7, 11) is 1.97. The second kappa shape index (κ2) is 5.64. The molecule has 0 radical (unpaired) electrons. The summed E-state index contributed by atoms with van der Waals surface area (Å²) in [4.78, 5) is 1.44. The van der Waals surface area contributed by atoms with Crippen molar-refractivity contribution in [2.45, 2.75) is 32.3 Å². The number of halogens is 1. The maximum Gasteiger partial charge on any atom is 0.0966 e. The number of nitrogens with one attached hydrogen (secondary N) is 1. The first-order valence-electron chi connectivity index (χ1n) is 7.13. The molecular weight excluding hydrogens is 290 g/mol. The standard InChI is InChI=1S/C16H20ClNOS/c1-9(2)10-4-5-12-15(16(10)17)14-11(8-18-3)19-7-6-13(14)20-12/h4-5,9,11,18H,6-8H2,1-3H3. The predicted octanol–water partition coefficient (Wildman–Crippen LogP) is 4.51. The molecule has 2 nitrogen and oxygen atoms in total. The van der Waals surface area contributed by atoms with Crippen LogP contribution in [-0.4, -0.2) is 20.2 Å². The Morgan fingerprint density at radius 2 is 2.25 bits per heavy atom. The van der Waals surface area contributed by atoms with Gasteiger partial charge in [-0.1, -0.05) is 31.5 Å². The topological polar surface area (TPSA) is 21.3 Å². The molecule has 20 heavy (non-hydrogen) atoms. The quantitative estimate of drug-likeness (QED) is 0.900. The molecule has 2 aromatic rings. The Morgan fingerprint density at radius 3 is 2.95 bits per heavy atom. The fourth-order valence-electron chi connectivity index (χ4n) is 2.93. The number of benzene rings is 1. The summed E-state index contributed by atoms with van der Waals surface area (Å²) >= 11 is 8.58. The Morgan fingerprint density at radius 1 is 1.45 bits per heavy atom. The summed E-state index contributed by atoms with van der Waals surface area (Å²) in [5, 5.41) is 5.36. The zero-order chi connectivity index (χ0) is 14.3. The fourth-order valence-corrected chi connectivity index (χ4v) is 4.72. The van der Waals surface area contributed by atoms with Crippen molar-refractivity contribution in [3.63, 3.8) is 0 Å². The van der Waals surface area contributed by atoms with Gasteiger partial charge >= 0.3 is 0 Å². The highest BCUT2D eigenvalue weighted by Crippen LogP contribution is 2.44. The van der Waals surface area contributed by atoms with Crippen LogP contribution >= 0.6 is 22.9 Å². The molecule has 1 aliphatic rings. The second-order valence-corrected chi connectivity index (χ2v) is 7.12. The van der Waals surface area contributed by atoms with Crippen LogP contribution in [0.15, 0.2) is 12.1 Å². The van der Waals surface area contributed by atoms with Gasteiger partial charge in [0, 0.05) is 33.5 Å². The van der Waals surface area contributed by atoms with Crippen LogP contribution in [0.2, 0.25) is 5.02 Å². The lowest BCUT2D eigenvalue weighted by Gasteiger charge is -2.24. The summed E-state index contributed by atoms with van der Waals surface area (Å²) in [6, 6.07) is 4.39. The molecule has 1 unspecified atom stereocenters. The van der Waals surface area contributed by atoms with Gasteiger partial charge < -0.3 is 10.1 Å². The van der Waals surface area contributed by atoms with Crippen LogP contribution in [0.3, 0.4) is 0 Å². The van der Waals surface area contributed by atoms with E-state index in [9.17, 15) is 0 Å². The summed E-state index contributed by atoms with van der Waals surface area (Å²) in [6.07, 6.45) is 1.12. The lowest BCUT2D eigenvalue weighted by molar-refractivity contribution is 0.0462. The van der Waals surface area contributed by atoms with E-state index < -0.39 is 0 Å². The lowest BCUT2D eigenvalue weighted by Crippen LogP contribution is -2.24. The molecule has 0 saturated heterocycles. The average molecular weight is 310 g/mol. The zero-order valence-corrected chi connectivity index (χ0v) is 13.7. The Kier molecular flexibility index (Phi) is 4.04. The van der Waals surface area contributed by atoms with Crippen molar-refractivity contribution >= 4 is 33.0 Å². The molecule has 0 amide bonds. The predicted molar refractivity (Wildman–Crippen MR) is 87.2 cm³/mol. The molecule has 1 aliphatic heterocycles. The van der Waals surface area contributed by atoms with E-state index >= 15 is 0 Å². The van der Waals surface area contributed by atoms with Crippen LogP contribution in [0.1, 0.15) is 41.9 Å². The van der Waals surface area contributed by atoms with Crippen LogP contribution in [0.5, 0.6) is 0 Å². The maximum atomic E-state index is 6.71. The van der Waals surface area contributed by atoms with Gasteiger partial charge in [-0.15, -0.1) is 11.3 Å². The number of thiophene rings is 1. The van der Waals surface area contributed by atoms with Crippen molar-refractivity contribution in [2.24, 2.45) is 0 Å². The van der Waals surface area contributed by atoms with Gasteiger partial charge in [0.2, 0.25) is 0 Å². The van der Waals surface area contributed by atoms with Crippen LogP contribution in [0, 0.1) is 0 Å². The zero-order valence-electron chi connectivity index (χ0n) is 12.1. The molecule has 0 bridgehead atoms. The minimum absolute atomic E-state index is 0.123. The first-order chi connectivity index (χ1) is 9.63. The molecule has 4 heteroatoms. The molecule has 0 spiro atoms. The largest absolute Gasteiger partial charge is 0.372 e. The molecule has 3 rings (SSSR count). The third kappa shape index (κ3) is 2.27. The van der Waals surface area contributed by atoms with E-state index in [2.05, 4.69) is 31.3 Å². The third-order valence-electron chi connectivity index (χ3n) is 3.92. The van der Waals surface area contributed by atoms with Gasteiger partial charge in [-0.2, -0.15) is 0 Å². The molecule has 1 atom stereocenters. The van der Waals surface area contributed by atoms with Crippen molar-refractivity contribution in [3.05, 3.63) is 33.2 Å². The highest BCUT2D eigenvalue weighted by Gasteiger charge is 2.27. The van der Waals surface area contributed by atoms with Crippen molar-refractivity contribution in [2.75, 3.05) is 20.2 Å². The van der Waals surface area contributed by atoms with E-state index in [1.807, 2.05) is 18.4 Å². The highest BCUT2D eigenvalue weighted by molar-refractivity contribution is 7.19. The number of likely N-dealkylation sites (N-methyl/N-ethyl adjacent to an activating group) is 1. The first kappa shape index (κ1) is 14.3. The third-order valence-corrected chi connectivity index (χ3v) is 5.56. The Bertz CT molecular complexity index is 635. The van der Waals surface area contributed by atoms with Crippen molar-refractivity contribution in [3.8, 4) is 0 Å². The van der Waals surface area contributed by atoms with Crippen molar-refractivity contribution in [1.29, 1.82) is 0 Å². The van der Waals surface area contributed by atoms with Gasteiger partial charge in [0.25, 0.3) is 0 Å². The Hall–Kier alpha value is -0.610. The van der Waals surface area contributed by atoms with Crippen LogP contribution in [0.25, 0.3) is 10.1 Å². The van der Waals surface area contributed by atoms with Gasteiger partial charge in [0.15, 0.2) is 0 Å². The SMILES string of the molecule is CNCC1OCCc2sc3ccc(C(C)C)c(Cl)c3c21. The van der Waals surface area contributed by atoms with Gasteiger partial charge in [-0.25, -0.2) is 0 Å². The monoisotopic (exact) mass is 309 g/mol. The van der Waals surface area contributed by atoms with Crippen LogP contribution < -0.4 is 5.32 Å². The molecule has 0 saturated carbocycles. The van der Waals surface area contributed by atoms with Crippen molar-refractivity contribution < 1.29 is 4.74 Å². The van der Waals surface area contributed by atoms with Gasteiger partial charge in [-0.05, 0) is 24.6 Å². The normalized spacial score (nSPS) is 18.8. The number of ether oxygens (including phenoxy) is 1. The van der Waals surface area contributed by atoms with E-state index in [1.54, 1.807) is 0 Å². The van der Waals surface area contributed by atoms with Crippen LogP contribution in [0.4, 0.5) is 0 Å². The molecule has 0 fully saturated rings. The number of hydrogen-bond acceptors (Lipinski definition) is 3. The molecule has 1 N–H and O–H groups in total. The van der Waals surface area contributed by atoms with Gasteiger partial charge in [0.1, 0.15) is 0 Å². The number of hydrogen-bond donors (Lipinski definition) is 1. The van der Waals surface area contributed by atoms with E-state index in [-0.39, 0.29) is 6.10 Å². The van der Waals surface area contributed by atoms with E-state index in [0.717, 1.165) is 24.6 Å². The molecule has 1 aromatic carbocycles. The Balaban J connectivity index is 2.23. The minimum atomic E-state index is 0.123. The number of fused-ring (bicyclic) bond motifs is 3. The lowest BCUT2D eigenvalue weighted by atomic mass is 9.96. The Labute approximate surface area is 129 Å². The molecule has 2 heterocycles. The van der Waals surface area contributed by atoms with E-state index in [0.29, 0.717) is 5.92 Å².